The van der Waals surface area contributed by atoms with Gasteiger partial charge < -0.3 is 10.8 Å². The van der Waals surface area contributed by atoms with Crippen molar-refractivity contribution in [1.29, 1.82) is 0 Å². The van der Waals surface area contributed by atoms with Crippen molar-refractivity contribution in [2.24, 2.45) is 5.73 Å². The first-order chi connectivity index (χ1) is 8.10. The van der Waals surface area contributed by atoms with Gasteiger partial charge in [0.15, 0.2) is 0 Å². The van der Waals surface area contributed by atoms with E-state index >= 15 is 0 Å². The predicted molar refractivity (Wildman–Crippen MR) is 67.1 cm³/mol. The van der Waals surface area contributed by atoms with Gasteiger partial charge in [-0.25, -0.2) is 4.39 Å². The fraction of sp³-hybridized carbons (Fsp3) is 0.538. The van der Waals surface area contributed by atoms with Crippen molar-refractivity contribution >= 4 is 0 Å². The van der Waals surface area contributed by atoms with E-state index < -0.39 is 0 Å². The molecule has 0 heterocycles. The second-order valence-corrected chi connectivity index (χ2v) is 4.36. The first-order valence-electron chi connectivity index (χ1n) is 5.92. The minimum atomic E-state index is -0.256. The van der Waals surface area contributed by atoms with Gasteiger partial charge in [-0.1, -0.05) is 12.1 Å². The summed E-state index contributed by atoms with van der Waals surface area (Å²) in [5, 5.41) is 9.07. The van der Waals surface area contributed by atoms with Gasteiger partial charge in [0.25, 0.3) is 0 Å². The average molecular weight is 240 g/mol. The summed E-state index contributed by atoms with van der Waals surface area (Å²) in [4.78, 5) is 2.08. The van der Waals surface area contributed by atoms with Crippen molar-refractivity contribution < 1.29 is 9.50 Å². The second-order valence-electron chi connectivity index (χ2n) is 4.36. The molecule has 1 aromatic carbocycles. The number of halogens is 1. The lowest BCUT2D eigenvalue weighted by Crippen LogP contribution is -2.40. The zero-order valence-electron chi connectivity index (χ0n) is 10.4. The molecule has 0 fully saturated rings. The molecule has 3 N–H and O–H groups in total. The Bertz CT molecular complexity index is 344. The maximum absolute atomic E-state index is 13.2. The highest BCUT2D eigenvalue weighted by atomic mass is 19.1. The normalized spacial score (nSPS) is 13.4. The van der Waals surface area contributed by atoms with Crippen molar-refractivity contribution in [1.82, 2.24) is 4.90 Å². The molecule has 1 aromatic rings. The minimum absolute atomic E-state index is 0.0575. The van der Waals surface area contributed by atoms with Crippen LogP contribution in [0.4, 0.5) is 4.39 Å². The van der Waals surface area contributed by atoms with Gasteiger partial charge in [0, 0.05) is 25.2 Å². The van der Waals surface area contributed by atoms with E-state index in [0.29, 0.717) is 13.1 Å². The highest BCUT2D eigenvalue weighted by Crippen LogP contribution is 2.22. The molecule has 17 heavy (non-hydrogen) atoms. The number of nitrogens with two attached hydrogens (primary N) is 1. The Kier molecular flexibility index (Phi) is 5.55. The van der Waals surface area contributed by atoms with Crippen LogP contribution in [0.2, 0.25) is 0 Å². The van der Waals surface area contributed by atoms with Crippen LogP contribution in [0.25, 0.3) is 0 Å². The SMILES string of the molecule is CC(C)N(CCO)C(CN)c1cccc(F)c1. The molecular formula is C13H21FN2O. The van der Waals surface area contributed by atoms with Gasteiger partial charge in [-0.2, -0.15) is 0 Å². The Morgan fingerprint density at radius 3 is 2.59 bits per heavy atom. The van der Waals surface area contributed by atoms with Crippen LogP contribution in [0.3, 0.4) is 0 Å². The molecular weight excluding hydrogens is 219 g/mol. The Labute approximate surface area is 102 Å². The molecule has 0 bridgehead atoms. The Balaban J connectivity index is 2.95. The topological polar surface area (TPSA) is 49.5 Å². The lowest BCUT2D eigenvalue weighted by molar-refractivity contribution is 0.121. The summed E-state index contributed by atoms with van der Waals surface area (Å²) in [6.07, 6.45) is 0. The van der Waals surface area contributed by atoms with Gasteiger partial charge in [0.1, 0.15) is 5.82 Å². The highest BCUT2D eigenvalue weighted by Gasteiger charge is 2.21. The van der Waals surface area contributed by atoms with E-state index in [1.54, 1.807) is 6.07 Å². The van der Waals surface area contributed by atoms with Gasteiger partial charge in [-0.3, -0.25) is 4.90 Å². The number of rotatable bonds is 6. The fourth-order valence-electron chi connectivity index (χ4n) is 2.07. The Morgan fingerprint density at radius 2 is 2.12 bits per heavy atom. The van der Waals surface area contributed by atoms with E-state index in [0.717, 1.165) is 5.56 Å². The molecule has 1 unspecified atom stereocenters. The van der Waals surface area contributed by atoms with Gasteiger partial charge in [-0.15, -0.1) is 0 Å². The first-order valence-corrected chi connectivity index (χ1v) is 5.92. The third kappa shape index (κ3) is 3.77. The van der Waals surface area contributed by atoms with Gasteiger partial charge in [0.2, 0.25) is 0 Å². The molecule has 0 saturated carbocycles. The summed E-state index contributed by atoms with van der Waals surface area (Å²) in [6, 6.07) is 6.67. The lowest BCUT2D eigenvalue weighted by atomic mass is 10.0. The Hall–Kier alpha value is -0.970. The standard InChI is InChI=1S/C13H21FN2O/c1-10(2)16(6-7-17)13(9-15)11-4-3-5-12(14)8-11/h3-5,8,10,13,17H,6-7,9,15H2,1-2H3. The zero-order chi connectivity index (χ0) is 12.8. The van der Waals surface area contributed by atoms with Crippen LogP contribution >= 0.6 is 0 Å². The maximum atomic E-state index is 13.2. The molecule has 96 valence electrons. The molecule has 0 aliphatic rings. The average Bonchev–Trinajstić information content (AvgIpc) is 2.29. The molecule has 0 saturated heterocycles. The van der Waals surface area contributed by atoms with Crippen molar-refractivity contribution in [3.8, 4) is 0 Å². The van der Waals surface area contributed by atoms with E-state index in [9.17, 15) is 4.39 Å². The molecule has 4 heteroatoms. The molecule has 1 rings (SSSR count). The minimum Gasteiger partial charge on any atom is -0.395 e. The van der Waals surface area contributed by atoms with Gasteiger partial charge >= 0.3 is 0 Å². The van der Waals surface area contributed by atoms with Crippen LogP contribution < -0.4 is 5.73 Å². The molecule has 1 atom stereocenters. The maximum Gasteiger partial charge on any atom is 0.123 e. The summed E-state index contributed by atoms with van der Waals surface area (Å²) < 4.78 is 13.2. The molecule has 3 nitrogen and oxygen atoms in total. The van der Waals surface area contributed by atoms with Crippen LogP contribution in [-0.2, 0) is 0 Å². The van der Waals surface area contributed by atoms with Crippen molar-refractivity contribution in [2.75, 3.05) is 19.7 Å². The predicted octanol–water partition coefficient (Wildman–Crippen LogP) is 1.53. The van der Waals surface area contributed by atoms with Crippen molar-refractivity contribution in [2.45, 2.75) is 25.9 Å². The van der Waals surface area contributed by atoms with E-state index in [2.05, 4.69) is 4.90 Å². The number of hydrogen-bond acceptors (Lipinski definition) is 3. The van der Waals surface area contributed by atoms with E-state index in [4.69, 9.17) is 10.8 Å². The van der Waals surface area contributed by atoms with E-state index in [1.807, 2.05) is 19.9 Å². The lowest BCUT2D eigenvalue weighted by Gasteiger charge is -2.34. The molecule has 0 amide bonds. The molecule has 0 spiro atoms. The monoisotopic (exact) mass is 240 g/mol. The zero-order valence-corrected chi connectivity index (χ0v) is 10.4. The first kappa shape index (κ1) is 14.1. The number of nitrogens with zero attached hydrogens (tertiary/aromatic N) is 1. The van der Waals surface area contributed by atoms with Crippen LogP contribution in [0, 0.1) is 5.82 Å². The summed E-state index contributed by atoms with van der Waals surface area (Å²) in [5.74, 6) is -0.256. The molecule has 0 aliphatic heterocycles. The fourth-order valence-corrected chi connectivity index (χ4v) is 2.07. The van der Waals surface area contributed by atoms with Crippen molar-refractivity contribution in [3.05, 3.63) is 35.6 Å². The molecule has 0 radical (unpaired) electrons. The van der Waals surface area contributed by atoms with E-state index in [-0.39, 0.29) is 24.5 Å². The van der Waals surface area contributed by atoms with Crippen LogP contribution in [0.15, 0.2) is 24.3 Å². The number of benzene rings is 1. The van der Waals surface area contributed by atoms with Gasteiger partial charge in [0.05, 0.1) is 6.61 Å². The summed E-state index contributed by atoms with van der Waals surface area (Å²) in [5.41, 5.74) is 6.63. The summed E-state index contributed by atoms with van der Waals surface area (Å²) in [6.45, 7) is 5.09. The van der Waals surface area contributed by atoms with Gasteiger partial charge in [-0.05, 0) is 31.5 Å². The van der Waals surface area contributed by atoms with E-state index in [1.165, 1.54) is 12.1 Å². The highest BCUT2D eigenvalue weighted by molar-refractivity contribution is 5.20. The third-order valence-corrected chi connectivity index (χ3v) is 2.88. The third-order valence-electron chi connectivity index (χ3n) is 2.88. The number of aliphatic hydroxyl groups excluding tert-OH is 1. The smallest absolute Gasteiger partial charge is 0.123 e. The van der Waals surface area contributed by atoms with Crippen LogP contribution in [-0.4, -0.2) is 35.7 Å². The molecule has 0 aromatic heterocycles. The quantitative estimate of drug-likeness (QED) is 0.792. The second kappa shape index (κ2) is 6.69. The van der Waals surface area contributed by atoms with Crippen LogP contribution in [0.5, 0.6) is 0 Å². The van der Waals surface area contributed by atoms with Crippen molar-refractivity contribution in [3.63, 3.8) is 0 Å². The Morgan fingerprint density at radius 1 is 1.41 bits per heavy atom. The van der Waals surface area contributed by atoms with Crippen LogP contribution in [0.1, 0.15) is 25.5 Å². The summed E-state index contributed by atoms with van der Waals surface area (Å²) >= 11 is 0. The number of hydrogen-bond donors (Lipinski definition) is 2. The summed E-state index contributed by atoms with van der Waals surface area (Å²) in [7, 11) is 0. The largest absolute Gasteiger partial charge is 0.395 e. The number of aliphatic hydroxyl groups is 1. The molecule has 0 aliphatic carbocycles.